The molecule has 0 amide bonds. The Labute approximate surface area is 119 Å². The Morgan fingerprint density at radius 1 is 1.39 bits per heavy atom. The molecule has 0 saturated carbocycles. The average molecular weight is 358 g/mol. The Bertz CT molecular complexity index is 611. The number of rotatable bonds is 0. The van der Waals surface area contributed by atoms with Crippen LogP contribution in [0, 0.1) is 10.5 Å². The highest BCUT2D eigenvalue weighted by Gasteiger charge is 2.20. The van der Waals surface area contributed by atoms with Crippen molar-refractivity contribution in [1.82, 2.24) is 9.55 Å². The van der Waals surface area contributed by atoms with Crippen LogP contribution in [0.4, 0.5) is 4.79 Å². The van der Waals surface area contributed by atoms with Gasteiger partial charge in [-0.2, -0.15) is 0 Å². The minimum absolute atomic E-state index is 0.395. The number of carbonyl (C=O) groups excluding carboxylic acids is 1. The molecule has 0 aromatic carbocycles. The van der Waals surface area contributed by atoms with Gasteiger partial charge in [-0.1, -0.05) is 0 Å². The summed E-state index contributed by atoms with van der Waals surface area (Å²) in [7, 11) is 0. The molecule has 18 heavy (non-hydrogen) atoms. The zero-order valence-corrected chi connectivity index (χ0v) is 13.0. The zero-order valence-electron chi connectivity index (χ0n) is 10.8. The highest BCUT2D eigenvalue weighted by atomic mass is 127. The number of aromatic nitrogens is 2. The van der Waals surface area contributed by atoms with Crippen molar-refractivity contribution in [3.63, 3.8) is 0 Å². The van der Waals surface area contributed by atoms with Crippen molar-refractivity contribution in [3.8, 4) is 0 Å². The minimum Gasteiger partial charge on any atom is -0.443 e. The van der Waals surface area contributed by atoms with E-state index >= 15 is 0 Å². The summed E-state index contributed by atoms with van der Waals surface area (Å²) in [6.07, 6.45) is 1.36. The van der Waals surface area contributed by atoms with Gasteiger partial charge in [0, 0.05) is 20.8 Å². The van der Waals surface area contributed by atoms with Crippen molar-refractivity contribution in [2.75, 3.05) is 0 Å². The van der Waals surface area contributed by atoms with Crippen LogP contribution in [-0.2, 0) is 4.74 Å². The average Bonchev–Trinajstić information content (AvgIpc) is 2.53. The van der Waals surface area contributed by atoms with E-state index in [0.717, 1.165) is 14.7 Å². The van der Waals surface area contributed by atoms with Gasteiger partial charge >= 0.3 is 6.09 Å². The van der Waals surface area contributed by atoms with Crippen molar-refractivity contribution in [2.24, 2.45) is 0 Å². The molecule has 2 rings (SSSR count). The van der Waals surface area contributed by atoms with Gasteiger partial charge in [0.15, 0.2) is 5.65 Å². The second-order valence-corrected chi connectivity index (χ2v) is 6.31. The van der Waals surface area contributed by atoms with Crippen molar-refractivity contribution in [3.05, 3.63) is 27.6 Å². The third-order valence-corrected chi connectivity index (χ3v) is 3.19. The molecule has 5 heteroatoms. The fraction of sp³-hybridized carbons (Fsp3) is 0.385. The SMILES string of the molecule is Cc1ccc2c(I)cn(C(=O)OC(C)(C)C)c2n1. The first-order chi connectivity index (χ1) is 8.28. The number of fused-ring (bicyclic) bond motifs is 1. The zero-order chi connectivity index (χ0) is 13.5. The third kappa shape index (κ3) is 2.66. The lowest BCUT2D eigenvalue weighted by Crippen LogP contribution is -2.26. The fourth-order valence-electron chi connectivity index (χ4n) is 1.61. The molecule has 0 radical (unpaired) electrons. The molecule has 0 bridgehead atoms. The van der Waals surface area contributed by atoms with Gasteiger partial charge in [0.05, 0.1) is 0 Å². The molecule has 0 aliphatic heterocycles. The predicted octanol–water partition coefficient (Wildman–Crippen LogP) is 3.73. The molecular formula is C13H15IN2O2. The number of hydrogen-bond donors (Lipinski definition) is 0. The monoisotopic (exact) mass is 358 g/mol. The van der Waals surface area contributed by atoms with Crippen LogP contribution in [0.25, 0.3) is 11.0 Å². The quantitative estimate of drug-likeness (QED) is 0.674. The normalized spacial score (nSPS) is 11.8. The van der Waals surface area contributed by atoms with Crippen LogP contribution in [0.15, 0.2) is 18.3 Å². The van der Waals surface area contributed by atoms with Crippen molar-refractivity contribution < 1.29 is 9.53 Å². The molecule has 0 fully saturated rings. The van der Waals surface area contributed by atoms with Crippen LogP contribution in [-0.4, -0.2) is 21.2 Å². The molecule has 0 saturated heterocycles. The lowest BCUT2D eigenvalue weighted by molar-refractivity contribution is 0.0543. The van der Waals surface area contributed by atoms with Crippen molar-refractivity contribution in [1.29, 1.82) is 0 Å². The van der Waals surface area contributed by atoms with Gasteiger partial charge in [0.25, 0.3) is 0 Å². The molecule has 0 aliphatic carbocycles. The molecule has 0 unspecified atom stereocenters. The van der Waals surface area contributed by atoms with Crippen LogP contribution >= 0.6 is 22.6 Å². The van der Waals surface area contributed by atoms with E-state index in [-0.39, 0.29) is 0 Å². The molecule has 0 aliphatic rings. The number of nitrogens with zero attached hydrogens (tertiary/aromatic N) is 2. The van der Waals surface area contributed by atoms with Crippen molar-refractivity contribution in [2.45, 2.75) is 33.3 Å². The summed E-state index contributed by atoms with van der Waals surface area (Å²) in [6.45, 7) is 7.44. The lowest BCUT2D eigenvalue weighted by Gasteiger charge is -2.19. The molecule has 2 aromatic heterocycles. The Morgan fingerprint density at radius 3 is 2.67 bits per heavy atom. The Kier molecular flexibility index (Phi) is 3.35. The van der Waals surface area contributed by atoms with E-state index in [2.05, 4.69) is 27.6 Å². The van der Waals surface area contributed by atoms with Gasteiger partial charge in [-0.25, -0.2) is 14.3 Å². The second kappa shape index (κ2) is 4.53. The lowest BCUT2D eigenvalue weighted by atomic mass is 10.2. The highest BCUT2D eigenvalue weighted by Crippen LogP contribution is 2.23. The maximum Gasteiger partial charge on any atom is 0.420 e. The molecule has 96 valence electrons. The molecule has 2 aromatic rings. The Hall–Kier alpha value is -1.11. The van der Waals surface area contributed by atoms with Gasteiger partial charge < -0.3 is 4.74 Å². The van der Waals surface area contributed by atoms with Crippen LogP contribution < -0.4 is 0 Å². The molecule has 4 nitrogen and oxygen atoms in total. The number of hydrogen-bond acceptors (Lipinski definition) is 3. The largest absolute Gasteiger partial charge is 0.443 e. The van der Waals surface area contributed by atoms with Crippen molar-refractivity contribution >= 4 is 39.7 Å². The van der Waals surface area contributed by atoms with Crippen LogP contribution in [0.3, 0.4) is 0 Å². The number of aryl methyl sites for hydroxylation is 1. The first-order valence-electron chi connectivity index (χ1n) is 5.65. The van der Waals surface area contributed by atoms with Gasteiger partial charge in [0.2, 0.25) is 0 Å². The number of ether oxygens (including phenoxy) is 1. The highest BCUT2D eigenvalue weighted by molar-refractivity contribution is 14.1. The molecule has 0 atom stereocenters. The number of halogens is 1. The van der Waals surface area contributed by atoms with E-state index in [1.165, 1.54) is 4.57 Å². The fourth-order valence-corrected chi connectivity index (χ4v) is 2.31. The Balaban J connectivity index is 2.51. The number of pyridine rings is 1. The molecule has 2 heterocycles. The van der Waals surface area contributed by atoms with Crippen LogP contribution in [0.2, 0.25) is 0 Å². The van der Waals surface area contributed by atoms with Crippen LogP contribution in [0.1, 0.15) is 26.5 Å². The Morgan fingerprint density at radius 2 is 2.06 bits per heavy atom. The molecule has 0 N–H and O–H groups in total. The topological polar surface area (TPSA) is 44.1 Å². The summed E-state index contributed by atoms with van der Waals surface area (Å²) in [5, 5.41) is 0.965. The van der Waals surface area contributed by atoms with Gasteiger partial charge in [0.1, 0.15) is 5.60 Å². The minimum atomic E-state index is -0.511. The summed E-state index contributed by atoms with van der Waals surface area (Å²) in [6, 6.07) is 3.91. The maximum absolute atomic E-state index is 12.1. The van der Waals surface area contributed by atoms with E-state index in [1.54, 1.807) is 6.20 Å². The van der Waals surface area contributed by atoms with Gasteiger partial charge in [-0.15, -0.1) is 0 Å². The predicted molar refractivity (Wildman–Crippen MR) is 78.8 cm³/mol. The maximum atomic E-state index is 12.1. The van der Waals surface area contributed by atoms with Gasteiger partial charge in [-0.3, -0.25) is 0 Å². The molecular weight excluding hydrogens is 343 g/mol. The van der Waals surface area contributed by atoms with E-state index < -0.39 is 11.7 Å². The standard InChI is InChI=1S/C13H15IN2O2/c1-8-5-6-9-10(14)7-16(11(9)15-8)12(17)18-13(2,3)4/h5-7H,1-4H3. The van der Waals surface area contributed by atoms with E-state index in [4.69, 9.17) is 4.74 Å². The summed E-state index contributed by atoms with van der Waals surface area (Å²) in [5.41, 5.74) is 1.01. The molecule has 0 spiro atoms. The van der Waals surface area contributed by atoms with E-state index in [0.29, 0.717) is 5.65 Å². The summed E-state index contributed by atoms with van der Waals surface area (Å²) < 4.78 is 7.82. The van der Waals surface area contributed by atoms with E-state index in [9.17, 15) is 4.79 Å². The van der Waals surface area contributed by atoms with Gasteiger partial charge in [-0.05, 0) is 62.4 Å². The first kappa shape index (κ1) is 13.3. The summed E-state index contributed by atoms with van der Waals surface area (Å²) in [4.78, 5) is 16.5. The second-order valence-electron chi connectivity index (χ2n) is 5.15. The smallest absolute Gasteiger partial charge is 0.420 e. The first-order valence-corrected chi connectivity index (χ1v) is 6.73. The third-order valence-electron chi connectivity index (χ3n) is 2.33. The van der Waals surface area contributed by atoms with Crippen LogP contribution in [0.5, 0.6) is 0 Å². The number of carbonyl (C=O) groups is 1. The summed E-state index contributed by atoms with van der Waals surface area (Å²) >= 11 is 2.19. The summed E-state index contributed by atoms with van der Waals surface area (Å²) in [5.74, 6) is 0. The van der Waals surface area contributed by atoms with E-state index in [1.807, 2.05) is 39.8 Å².